The lowest BCUT2D eigenvalue weighted by Gasteiger charge is -2.37. The Kier molecular flexibility index (Phi) is 4.42. The number of halogens is 1. The van der Waals surface area contributed by atoms with Crippen LogP contribution in [0.25, 0.3) is 0 Å². The minimum absolute atomic E-state index is 0.226. The number of hydrogen-bond donors (Lipinski definition) is 2. The fourth-order valence-electron chi connectivity index (χ4n) is 3.46. The highest BCUT2D eigenvalue weighted by molar-refractivity contribution is 5.90. The Morgan fingerprint density at radius 1 is 1.15 bits per heavy atom. The highest BCUT2D eigenvalue weighted by Crippen LogP contribution is 2.29. The fourth-order valence-corrected chi connectivity index (χ4v) is 3.46. The molecule has 3 heterocycles. The Morgan fingerprint density at radius 3 is 2.54 bits per heavy atom. The summed E-state index contributed by atoms with van der Waals surface area (Å²) in [6.45, 7) is 3.06. The van der Waals surface area contributed by atoms with E-state index in [1.807, 2.05) is 23.4 Å². The minimum atomic E-state index is -0.563. The molecule has 0 aliphatic carbocycles. The van der Waals surface area contributed by atoms with Gasteiger partial charge in [0.15, 0.2) is 0 Å². The third-order valence-corrected chi connectivity index (χ3v) is 4.89. The van der Waals surface area contributed by atoms with Crippen LogP contribution in [0.15, 0.2) is 36.7 Å². The van der Waals surface area contributed by atoms with Crippen LogP contribution in [-0.4, -0.2) is 61.6 Å². The van der Waals surface area contributed by atoms with E-state index < -0.39 is 12.2 Å². The lowest BCUT2D eigenvalue weighted by Crippen LogP contribution is -2.46. The quantitative estimate of drug-likeness (QED) is 0.870. The molecule has 2 aliphatic rings. The van der Waals surface area contributed by atoms with Gasteiger partial charge < -0.3 is 24.6 Å². The highest BCUT2D eigenvalue weighted by Gasteiger charge is 2.32. The van der Waals surface area contributed by atoms with Crippen LogP contribution in [0.2, 0.25) is 0 Å². The van der Waals surface area contributed by atoms with E-state index in [4.69, 9.17) is 9.84 Å². The first-order valence-electron chi connectivity index (χ1n) is 8.67. The van der Waals surface area contributed by atoms with Crippen molar-refractivity contribution in [3.8, 4) is 0 Å². The average molecular weight is 360 g/mol. The predicted molar refractivity (Wildman–Crippen MR) is 96.3 cm³/mol. The maximum atomic E-state index is 14.7. The molecule has 2 aliphatic heterocycles. The van der Waals surface area contributed by atoms with Crippen LogP contribution in [0.1, 0.15) is 0 Å². The Morgan fingerprint density at radius 2 is 1.92 bits per heavy atom. The Hall–Kier alpha value is -2.74. The smallest absolute Gasteiger partial charge is 0.414 e. The number of carbonyl (C=O) groups is 1. The molecule has 138 valence electrons. The summed E-state index contributed by atoms with van der Waals surface area (Å²) in [5.41, 5.74) is 2.12. The molecule has 0 bridgehead atoms. The van der Waals surface area contributed by atoms with Gasteiger partial charge in [0.25, 0.3) is 0 Å². The molecule has 2 fully saturated rings. The summed E-state index contributed by atoms with van der Waals surface area (Å²) in [6, 6.07) is 6.81. The molecule has 4 rings (SSSR count). The molecule has 2 N–H and O–H groups in total. The van der Waals surface area contributed by atoms with Crippen LogP contribution in [0.5, 0.6) is 0 Å². The van der Waals surface area contributed by atoms with Crippen molar-refractivity contribution in [2.75, 3.05) is 54.0 Å². The van der Waals surface area contributed by atoms with E-state index in [-0.39, 0.29) is 19.0 Å². The summed E-state index contributed by atoms with van der Waals surface area (Å²) in [5.74, 6) is -0.363. The number of aromatic nitrogens is 1. The zero-order valence-electron chi connectivity index (χ0n) is 14.3. The number of benzene rings is 1. The Labute approximate surface area is 150 Å². The van der Waals surface area contributed by atoms with E-state index in [0.29, 0.717) is 11.4 Å². The van der Waals surface area contributed by atoms with Crippen molar-refractivity contribution in [2.45, 2.75) is 6.10 Å². The number of hydrogen-bond acceptors (Lipinski definition) is 5. The van der Waals surface area contributed by atoms with Crippen molar-refractivity contribution >= 4 is 23.2 Å². The minimum Gasteiger partial charge on any atom is -0.441 e. The van der Waals surface area contributed by atoms with Crippen LogP contribution in [0.4, 0.5) is 26.2 Å². The van der Waals surface area contributed by atoms with Crippen LogP contribution in [0.3, 0.4) is 0 Å². The Balaban J connectivity index is 1.45. The van der Waals surface area contributed by atoms with Crippen LogP contribution < -0.4 is 14.7 Å². The standard InChI is InChI=1S/C18H21FN4O3/c19-16-9-13(23-11-15(12-24)26-18(23)25)1-2-17(16)22-7-5-21(6-8-22)14-3-4-20-10-14/h1-4,9-10,15,20,24H,5-8,11-12H2/t15-/m1/s1. The molecule has 7 nitrogen and oxygen atoms in total. The van der Waals surface area contributed by atoms with Gasteiger partial charge in [-0.1, -0.05) is 0 Å². The average Bonchev–Trinajstić information content (AvgIpc) is 3.31. The lowest BCUT2D eigenvalue weighted by molar-refractivity contribution is 0.0963. The molecule has 1 atom stereocenters. The van der Waals surface area contributed by atoms with Crippen molar-refractivity contribution in [1.29, 1.82) is 0 Å². The number of nitrogens with one attached hydrogen (secondary N) is 1. The van der Waals surface area contributed by atoms with E-state index >= 15 is 0 Å². The second-order valence-corrected chi connectivity index (χ2v) is 6.48. The topological polar surface area (TPSA) is 72.0 Å². The molecular formula is C18H21FN4O3. The van der Waals surface area contributed by atoms with E-state index in [1.54, 1.807) is 12.1 Å². The molecule has 0 saturated carbocycles. The van der Waals surface area contributed by atoms with Crippen LogP contribution in [-0.2, 0) is 4.74 Å². The van der Waals surface area contributed by atoms with Crippen molar-refractivity contribution in [3.63, 3.8) is 0 Å². The second-order valence-electron chi connectivity index (χ2n) is 6.48. The van der Waals surface area contributed by atoms with Crippen LogP contribution in [0, 0.1) is 5.82 Å². The number of cyclic esters (lactones) is 1. The lowest BCUT2D eigenvalue weighted by atomic mass is 10.2. The molecule has 8 heteroatoms. The van der Waals surface area contributed by atoms with Gasteiger partial charge in [0, 0.05) is 38.6 Å². The third-order valence-electron chi connectivity index (χ3n) is 4.89. The summed E-state index contributed by atoms with van der Waals surface area (Å²) in [7, 11) is 0. The van der Waals surface area contributed by atoms with E-state index in [9.17, 15) is 9.18 Å². The zero-order valence-corrected chi connectivity index (χ0v) is 14.3. The van der Waals surface area contributed by atoms with Gasteiger partial charge in [0.1, 0.15) is 11.9 Å². The van der Waals surface area contributed by atoms with Gasteiger partial charge in [-0.05, 0) is 24.3 Å². The van der Waals surface area contributed by atoms with Gasteiger partial charge in [-0.15, -0.1) is 0 Å². The number of amides is 1. The normalized spacial score (nSPS) is 20.6. The third kappa shape index (κ3) is 3.08. The molecule has 2 aromatic rings. The van der Waals surface area contributed by atoms with Crippen molar-refractivity contribution in [2.24, 2.45) is 0 Å². The molecular weight excluding hydrogens is 339 g/mol. The van der Waals surface area contributed by atoms with Gasteiger partial charge in [-0.3, -0.25) is 4.90 Å². The molecule has 0 radical (unpaired) electrons. The number of aromatic amines is 1. The molecule has 26 heavy (non-hydrogen) atoms. The Bertz CT molecular complexity index is 775. The number of ether oxygens (including phenoxy) is 1. The van der Waals surface area contributed by atoms with E-state index in [1.165, 1.54) is 11.0 Å². The molecule has 1 aromatic heterocycles. The summed E-state index contributed by atoms with van der Waals surface area (Å²) in [4.78, 5) is 20.5. The van der Waals surface area contributed by atoms with Crippen LogP contribution >= 0.6 is 0 Å². The van der Waals surface area contributed by atoms with Gasteiger partial charge >= 0.3 is 6.09 Å². The van der Waals surface area contributed by atoms with Gasteiger partial charge in [0.2, 0.25) is 0 Å². The SMILES string of the molecule is O=C1O[C@@H](CO)CN1c1ccc(N2CCN(c3cc[nH]c3)CC2)c(F)c1. The number of nitrogens with zero attached hydrogens (tertiary/aromatic N) is 3. The summed E-state index contributed by atoms with van der Waals surface area (Å²) < 4.78 is 19.7. The maximum absolute atomic E-state index is 14.7. The number of aliphatic hydroxyl groups excluding tert-OH is 1. The number of piperazine rings is 1. The largest absolute Gasteiger partial charge is 0.441 e. The van der Waals surface area contributed by atoms with Crippen molar-refractivity contribution in [1.82, 2.24) is 4.98 Å². The van der Waals surface area contributed by atoms with E-state index in [2.05, 4.69) is 9.88 Å². The van der Waals surface area contributed by atoms with Gasteiger partial charge in [-0.2, -0.15) is 0 Å². The van der Waals surface area contributed by atoms with Crippen molar-refractivity contribution in [3.05, 3.63) is 42.5 Å². The summed E-state index contributed by atoms with van der Waals surface area (Å²) >= 11 is 0. The molecule has 0 spiro atoms. The molecule has 2 saturated heterocycles. The zero-order chi connectivity index (χ0) is 18.1. The first-order chi connectivity index (χ1) is 12.7. The summed E-state index contributed by atoms with van der Waals surface area (Å²) in [6.07, 6.45) is 2.73. The van der Waals surface area contributed by atoms with Gasteiger partial charge in [0.05, 0.1) is 30.2 Å². The number of carbonyl (C=O) groups excluding carboxylic acids is 1. The number of anilines is 3. The first kappa shape index (κ1) is 16.7. The fraction of sp³-hybridized carbons (Fsp3) is 0.389. The summed E-state index contributed by atoms with van der Waals surface area (Å²) in [5, 5.41) is 9.12. The number of rotatable bonds is 4. The number of aliphatic hydroxyl groups is 1. The monoisotopic (exact) mass is 360 g/mol. The van der Waals surface area contributed by atoms with E-state index in [0.717, 1.165) is 31.9 Å². The van der Waals surface area contributed by atoms with Gasteiger partial charge in [-0.25, -0.2) is 9.18 Å². The second kappa shape index (κ2) is 6.87. The molecule has 1 amide bonds. The highest BCUT2D eigenvalue weighted by atomic mass is 19.1. The first-order valence-corrected chi connectivity index (χ1v) is 8.67. The molecule has 0 unspecified atom stereocenters. The predicted octanol–water partition coefficient (Wildman–Crippen LogP) is 1.80. The van der Waals surface area contributed by atoms with Crippen molar-refractivity contribution < 1.29 is 19.0 Å². The number of H-pyrrole nitrogens is 1. The molecule has 1 aromatic carbocycles. The maximum Gasteiger partial charge on any atom is 0.414 e.